The summed E-state index contributed by atoms with van der Waals surface area (Å²) in [6.45, 7) is 9.67. The van der Waals surface area contributed by atoms with E-state index in [0.717, 1.165) is 21.7 Å². The molecule has 1 aliphatic heterocycles. The van der Waals surface area contributed by atoms with Crippen molar-refractivity contribution in [2.24, 2.45) is 11.1 Å². The average molecular weight is 518 g/mol. The molecule has 1 fully saturated rings. The lowest BCUT2D eigenvalue weighted by atomic mass is 9.86. The lowest BCUT2D eigenvalue weighted by molar-refractivity contribution is -0.141. The predicted octanol–water partition coefficient (Wildman–Crippen LogP) is 3.47. The molecule has 4 N–H and O–H groups in total. The van der Waals surface area contributed by atoms with Crippen LogP contribution in [0.25, 0.3) is 10.4 Å². The number of hydrogen-bond donors (Lipinski definition) is 3. The standard InChI is InChI=1S/C23H32N4O3S.2ClH/c1-13(15-6-8-16(9-7-15)19-14(2)25-12-31-19)26-21(29)18-10-17(28)11-27(18)22(30)20(24)23(3,4)5;;/h6-9,12-13,17-18,20,28H,10-11,24H2,1-5H3,(H,26,29);2*1H/t13-,17+,18-,20+;;/m0../s1. The van der Waals surface area contributed by atoms with Crippen LogP contribution in [0.1, 0.15) is 51.4 Å². The first-order chi connectivity index (χ1) is 14.5. The van der Waals surface area contributed by atoms with Crippen molar-refractivity contribution in [3.63, 3.8) is 0 Å². The van der Waals surface area contributed by atoms with Crippen LogP contribution in [0.4, 0.5) is 0 Å². The van der Waals surface area contributed by atoms with Crippen molar-refractivity contribution in [1.82, 2.24) is 15.2 Å². The summed E-state index contributed by atoms with van der Waals surface area (Å²) in [4.78, 5) is 32.7. The number of nitrogens with one attached hydrogen (secondary N) is 1. The van der Waals surface area contributed by atoms with Crippen LogP contribution in [-0.4, -0.2) is 51.5 Å². The number of hydrogen-bond acceptors (Lipinski definition) is 6. The van der Waals surface area contributed by atoms with Crippen molar-refractivity contribution in [1.29, 1.82) is 0 Å². The molecule has 10 heteroatoms. The van der Waals surface area contributed by atoms with Gasteiger partial charge in [0.25, 0.3) is 0 Å². The number of carbonyl (C=O) groups excluding carboxylic acids is 2. The number of β-amino-alcohol motifs (C(OH)–C–C–N with tert-alkyl or cyclic N) is 1. The zero-order chi connectivity index (χ0) is 22.9. The van der Waals surface area contributed by atoms with E-state index in [1.54, 1.807) is 11.3 Å². The molecular formula is C23H34Cl2N4O3S. The molecule has 0 unspecified atom stereocenters. The highest BCUT2D eigenvalue weighted by atomic mass is 35.5. The van der Waals surface area contributed by atoms with E-state index in [1.807, 2.05) is 64.4 Å². The minimum atomic E-state index is -0.742. The van der Waals surface area contributed by atoms with E-state index < -0.39 is 23.6 Å². The van der Waals surface area contributed by atoms with Gasteiger partial charge in [-0.25, -0.2) is 4.98 Å². The number of carbonyl (C=O) groups is 2. The number of rotatable bonds is 5. The number of halogens is 2. The molecule has 1 aliphatic rings. The van der Waals surface area contributed by atoms with E-state index in [0.29, 0.717) is 0 Å². The molecule has 0 aliphatic carbocycles. The lowest BCUT2D eigenvalue weighted by Crippen LogP contribution is -2.55. The Bertz CT molecular complexity index is 946. The van der Waals surface area contributed by atoms with Crippen LogP contribution in [0.3, 0.4) is 0 Å². The molecule has 2 aromatic rings. The van der Waals surface area contributed by atoms with Crippen LogP contribution in [0.15, 0.2) is 29.8 Å². The third-order valence-corrected chi connectivity index (χ3v) is 6.82. The smallest absolute Gasteiger partial charge is 0.243 e. The van der Waals surface area contributed by atoms with Crippen LogP contribution < -0.4 is 11.1 Å². The maximum Gasteiger partial charge on any atom is 0.243 e. The largest absolute Gasteiger partial charge is 0.391 e. The molecule has 0 bridgehead atoms. The topological polar surface area (TPSA) is 109 Å². The SMILES string of the molecule is Cc1ncsc1-c1ccc([C@H](C)NC(=O)[C@@H]2C[C@@H](O)CN2C(=O)[C@@H](N)C(C)(C)C)cc1.Cl.Cl. The highest BCUT2D eigenvalue weighted by Crippen LogP contribution is 2.29. The summed E-state index contributed by atoms with van der Waals surface area (Å²) < 4.78 is 0. The Balaban J connectivity index is 0.00000272. The van der Waals surface area contributed by atoms with Gasteiger partial charge in [-0.05, 0) is 30.4 Å². The number of thiazole rings is 1. The highest BCUT2D eigenvalue weighted by Gasteiger charge is 2.42. The molecule has 7 nitrogen and oxygen atoms in total. The maximum absolute atomic E-state index is 13.0. The van der Waals surface area contributed by atoms with E-state index in [1.165, 1.54) is 4.90 Å². The summed E-state index contributed by atoms with van der Waals surface area (Å²) >= 11 is 1.60. The highest BCUT2D eigenvalue weighted by molar-refractivity contribution is 7.13. The zero-order valence-electron chi connectivity index (χ0n) is 19.6. The van der Waals surface area contributed by atoms with Crippen LogP contribution in [0, 0.1) is 12.3 Å². The number of benzene rings is 1. The fraction of sp³-hybridized carbons (Fsp3) is 0.522. The van der Waals surface area contributed by atoms with Crippen LogP contribution >= 0.6 is 36.2 Å². The third-order valence-electron chi connectivity index (χ3n) is 5.84. The first-order valence-corrected chi connectivity index (χ1v) is 11.4. The van der Waals surface area contributed by atoms with Crippen molar-refractivity contribution in [3.05, 3.63) is 41.0 Å². The summed E-state index contributed by atoms with van der Waals surface area (Å²) in [5.74, 6) is -0.581. The van der Waals surface area contributed by atoms with Gasteiger partial charge < -0.3 is 21.1 Å². The number of likely N-dealkylation sites (tertiary alicyclic amines) is 1. The zero-order valence-corrected chi connectivity index (χ0v) is 22.0. The second kappa shape index (κ2) is 11.6. The minimum Gasteiger partial charge on any atom is -0.391 e. The van der Waals surface area contributed by atoms with Gasteiger partial charge in [0, 0.05) is 13.0 Å². The quantitative estimate of drug-likeness (QED) is 0.563. The number of aliphatic hydroxyl groups is 1. The first-order valence-electron chi connectivity index (χ1n) is 10.5. The van der Waals surface area contributed by atoms with Gasteiger partial charge in [-0.3, -0.25) is 9.59 Å². The summed E-state index contributed by atoms with van der Waals surface area (Å²) in [5, 5.41) is 13.1. The Morgan fingerprint density at radius 3 is 2.36 bits per heavy atom. The maximum atomic E-state index is 13.0. The minimum absolute atomic E-state index is 0. The van der Waals surface area contributed by atoms with Gasteiger partial charge in [-0.1, -0.05) is 45.0 Å². The van der Waals surface area contributed by atoms with Gasteiger partial charge in [0.05, 0.1) is 34.3 Å². The Kier molecular flexibility index (Phi) is 10.3. The number of nitrogens with two attached hydrogens (primary N) is 1. The molecule has 4 atom stereocenters. The van der Waals surface area contributed by atoms with Crippen LogP contribution in [-0.2, 0) is 9.59 Å². The number of aryl methyl sites for hydroxylation is 1. The van der Waals surface area contributed by atoms with Crippen molar-refractivity contribution in [2.75, 3.05) is 6.54 Å². The Labute approximate surface area is 212 Å². The molecule has 2 heterocycles. The summed E-state index contributed by atoms with van der Waals surface area (Å²) in [6.07, 6.45) is -0.519. The van der Waals surface area contributed by atoms with Gasteiger partial charge in [-0.2, -0.15) is 0 Å². The monoisotopic (exact) mass is 516 g/mol. The fourth-order valence-electron chi connectivity index (χ4n) is 3.75. The average Bonchev–Trinajstić information content (AvgIpc) is 3.31. The molecule has 184 valence electrons. The van der Waals surface area contributed by atoms with Gasteiger partial charge in [-0.15, -0.1) is 36.2 Å². The molecular weight excluding hydrogens is 483 g/mol. The van der Waals surface area contributed by atoms with E-state index in [-0.39, 0.29) is 55.6 Å². The molecule has 33 heavy (non-hydrogen) atoms. The van der Waals surface area contributed by atoms with E-state index in [9.17, 15) is 14.7 Å². The normalized spacial score (nSPS) is 19.8. The second-order valence-electron chi connectivity index (χ2n) is 9.36. The Morgan fingerprint density at radius 2 is 1.85 bits per heavy atom. The van der Waals surface area contributed by atoms with Gasteiger partial charge >= 0.3 is 0 Å². The summed E-state index contributed by atoms with van der Waals surface area (Å²) in [7, 11) is 0. The molecule has 0 saturated carbocycles. The van der Waals surface area contributed by atoms with Gasteiger partial charge in [0.15, 0.2) is 0 Å². The Hall–Kier alpha value is -1.71. The third kappa shape index (κ3) is 6.67. The number of aromatic nitrogens is 1. The number of aliphatic hydroxyl groups excluding tert-OH is 1. The van der Waals surface area contributed by atoms with Gasteiger partial charge in [0.2, 0.25) is 11.8 Å². The molecule has 3 rings (SSSR count). The molecule has 1 aromatic heterocycles. The Morgan fingerprint density at radius 1 is 1.24 bits per heavy atom. The van der Waals surface area contributed by atoms with E-state index in [2.05, 4.69) is 10.3 Å². The van der Waals surface area contributed by atoms with Crippen LogP contribution in [0.2, 0.25) is 0 Å². The van der Waals surface area contributed by atoms with Gasteiger partial charge in [0.1, 0.15) is 6.04 Å². The van der Waals surface area contributed by atoms with Crippen molar-refractivity contribution >= 4 is 48.0 Å². The molecule has 0 radical (unpaired) electrons. The molecule has 2 amide bonds. The number of amides is 2. The van der Waals surface area contributed by atoms with Crippen molar-refractivity contribution in [2.45, 2.75) is 65.3 Å². The number of nitrogens with zero attached hydrogens (tertiary/aromatic N) is 2. The fourth-order valence-corrected chi connectivity index (χ4v) is 4.56. The molecule has 1 saturated heterocycles. The summed E-state index contributed by atoms with van der Waals surface area (Å²) in [6, 6.07) is 6.32. The van der Waals surface area contributed by atoms with Crippen molar-refractivity contribution < 1.29 is 14.7 Å². The van der Waals surface area contributed by atoms with Crippen LogP contribution in [0.5, 0.6) is 0 Å². The molecule has 0 spiro atoms. The lowest BCUT2D eigenvalue weighted by Gasteiger charge is -2.32. The first kappa shape index (κ1) is 29.3. The van der Waals surface area contributed by atoms with Crippen molar-refractivity contribution in [3.8, 4) is 10.4 Å². The summed E-state index contributed by atoms with van der Waals surface area (Å²) in [5.41, 5.74) is 10.6. The second-order valence-corrected chi connectivity index (χ2v) is 10.2. The van der Waals surface area contributed by atoms with E-state index in [4.69, 9.17) is 5.73 Å². The van der Waals surface area contributed by atoms with E-state index >= 15 is 0 Å². The molecule has 1 aromatic carbocycles. The predicted molar refractivity (Wildman–Crippen MR) is 137 cm³/mol.